The Morgan fingerprint density at radius 1 is 1.23 bits per heavy atom. The number of ether oxygens (including phenoxy) is 2. The molecule has 2 fully saturated rings. The predicted molar refractivity (Wildman–Crippen MR) is 98.5 cm³/mol. The summed E-state index contributed by atoms with van der Waals surface area (Å²) in [5.74, 6) is 0.113. The van der Waals surface area contributed by atoms with Crippen LogP contribution >= 0.6 is 0 Å². The number of para-hydroxylation sites is 1. The molecule has 0 unspecified atom stereocenters. The minimum atomic E-state index is -0.789. The smallest absolute Gasteiger partial charge is 0.322 e. The standard InChI is InChI=1S/C19H29N3O4/c23-19(24)17-15-22(8-6-20-17)14-16-4-1-2-5-18(16)26-11-3-7-21-9-12-25-13-10-21/h1-2,4-5,17,20H,3,6-15H2,(H,23,24)/t17-/m0/s1. The van der Waals surface area contributed by atoms with Crippen molar-refractivity contribution in [1.82, 2.24) is 15.1 Å². The van der Waals surface area contributed by atoms with E-state index in [-0.39, 0.29) is 0 Å². The van der Waals surface area contributed by atoms with Crippen molar-refractivity contribution >= 4 is 5.97 Å². The van der Waals surface area contributed by atoms with Crippen LogP contribution in [-0.2, 0) is 16.1 Å². The third kappa shape index (κ3) is 5.67. The molecule has 0 spiro atoms. The van der Waals surface area contributed by atoms with Crippen LogP contribution in [0.4, 0.5) is 0 Å². The van der Waals surface area contributed by atoms with Gasteiger partial charge in [0.05, 0.1) is 19.8 Å². The number of piperazine rings is 1. The predicted octanol–water partition coefficient (Wildman–Crippen LogP) is 0.646. The van der Waals surface area contributed by atoms with E-state index in [1.807, 2.05) is 18.2 Å². The fraction of sp³-hybridized carbons (Fsp3) is 0.632. The molecule has 0 amide bonds. The fourth-order valence-electron chi connectivity index (χ4n) is 3.43. The highest BCUT2D eigenvalue weighted by atomic mass is 16.5. The van der Waals surface area contributed by atoms with Gasteiger partial charge in [0, 0.05) is 51.4 Å². The zero-order valence-electron chi connectivity index (χ0n) is 15.2. The molecule has 0 aromatic heterocycles. The highest BCUT2D eigenvalue weighted by molar-refractivity contribution is 5.73. The average Bonchev–Trinajstić information content (AvgIpc) is 2.67. The van der Waals surface area contributed by atoms with Crippen molar-refractivity contribution in [3.05, 3.63) is 29.8 Å². The molecule has 2 N–H and O–H groups in total. The van der Waals surface area contributed by atoms with E-state index in [1.165, 1.54) is 0 Å². The van der Waals surface area contributed by atoms with Crippen molar-refractivity contribution in [3.8, 4) is 5.75 Å². The van der Waals surface area contributed by atoms with Crippen LogP contribution in [0.2, 0.25) is 0 Å². The van der Waals surface area contributed by atoms with Gasteiger partial charge in [0.15, 0.2) is 0 Å². The van der Waals surface area contributed by atoms with Crippen molar-refractivity contribution in [2.45, 2.75) is 19.0 Å². The Bertz CT molecular complexity index is 578. The molecule has 1 aromatic carbocycles. The zero-order chi connectivity index (χ0) is 18.2. The molecule has 7 heteroatoms. The van der Waals surface area contributed by atoms with Gasteiger partial charge < -0.3 is 19.9 Å². The van der Waals surface area contributed by atoms with Crippen LogP contribution in [0, 0.1) is 0 Å². The quantitative estimate of drug-likeness (QED) is 0.657. The van der Waals surface area contributed by atoms with Crippen molar-refractivity contribution in [3.63, 3.8) is 0 Å². The van der Waals surface area contributed by atoms with Gasteiger partial charge in [0.1, 0.15) is 11.8 Å². The average molecular weight is 363 g/mol. The lowest BCUT2D eigenvalue weighted by atomic mass is 10.1. The number of carbonyl (C=O) groups is 1. The summed E-state index contributed by atoms with van der Waals surface area (Å²) in [7, 11) is 0. The molecule has 0 saturated carbocycles. The summed E-state index contributed by atoms with van der Waals surface area (Å²) in [4.78, 5) is 15.8. The van der Waals surface area contributed by atoms with Gasteiger partial charge in [-0.15, -0.1) is 0 Å². The Kier molecular flexibility index (Phi) is 7.25. The Morgan fingerprint density at radius 3 is 2.85 bits per heavy atom. The van der Waals surface area contributed by atoms with E-state index in [1.54, 1.807) is 0 Å². The number of aliphatic carboxylic acids is 1. The van der Waals surface area contributed by atoms with Gasteiger partial charge in [-0.25, -0.2) is 0 Å². The van der Waals surface area contributed by atoms with Crippen molar-refractivity contribution < 1.29 is 19.4 Å². The van der Waals surface area contributed by atoms with E-state index in [9.17, 15) is 9.90 Å². The lowest BCUT2D eigenvalue weighted by Crippen LogP contribution is -2.53. The van der Waals surface area contributed by atoms with E-state index in [4.69, 9.17) is 9.47 Å². The third-order valence-electron chi connectivity index (χ3n) is 4.90. The molecule has 26 heavy (non-hydrogen) atoms. The maximum atomic E-state index is 11.2. The second-order valence-electron chi connectivity index (χ2n) is 6.84. The molecule has 0 bridgehead atoms. The number of hydrogen-bond acceptors (Lipinski definition) is 6. The minimum absolute atomic E-state index is 0.495. The van der Waals surface area contributed by atoms with Crippen LogP contribution in [0.3, 0.4) is 0 Å². The van der Waals surface area contributed by atoms with E-state index < -0.39 is 12.0 Å². The molecule has 1 atom stereocenters. The second kappa shape index (κ2) is 9.87. The largest absolute Gasteiger partial charge is 0.493 e. The van der Waals surface area contributed by atoms with E-state index >= 15 is 0 Å². The molecular weight excluding hydrogens is 334 g/mol. The first-order chi connectivity index (χ1) is 12.7. The molecule has 144 valence electrons. The van der Waals surface area contributed by atoms with Crippen LogP contribution in [-0.4, -0.2) is 86.0 Å². The molecule has 2 aliphatic rings. The van der Waals surface area contributed by atoms with Gasteiger partial charge in [-0.1, -0.05) is 18.2 Å². The van der Waals surface area contributed by atoms with E-state index in [0.717, 1.165) is 57.1 Å². The third-order valence-corrected chi connectivity index (χ3v) is 4.90. The van der Waals surface area contributed by atoms with Crippen LogP contribution in [0.25, 0.3) is 0 Å². The first kappa shape index (κ1) is 19.1. The van der Waals surface area contributed by atoms with Gasteiger partial charge in [0.25, 0.3) is 0 Å². The lowest BCUT2D eigenvalue weighted by Gasteiger charge is -2.31. The number of benzene rings is 1. The van der Waals surface area contributed by atoms with Crippen molar-refractivity contribution in [2.24, 2.45) is 0 Å². The van der Waals surface area contributed by atoms with Crippen molar-refractivity contribution in [1.29, 1.82) is 0 Å². The Morgan fingerprint density at radius 2 is 2.04 bits per heavy atom. The molecule has 7 nitrogen and oxygen atoms in total. The first-order valence-corrected chi connectivity index (χ1v) is 9.42. The van der Waals surface area contributed by atoms with E-state index in [2.05, 4.69) is 21.2 Å². The summed E-state index contributed by atoms with van der Waals surface area (Å²) in [5.41, 5.74) is 1.12. The van der Waals surface area contributed by atoms with Crippen LogP contribution in [0.1, 0.15) is 12.0 Å². The number of nitrogens with zero attached hydrogens (tertiary/aromatic N) is 2. The molecule has 0 aliphatic carbocycles. The van der Waals surface area contributed by atoms with Crippen molar-refractivity contribution in [2.75, 3.05) is 59.1 Å². The van der Waals surface area contributed by atoms with Gasteiger partial charge in [-0.05, 0) is 12.5 Å². The summed E-state index contributed by atoms with van der Waals surface area (Å²) in [6.07, 6.45) is 0.989. The number of carboxylic acids is 1. The number of morpholine rings is 1. The maximum absolute atomic E-state index is 11.2. The summed E-state index contributed by atoms with van der Waals surface area (Å²) in [6, 6.07) is 7.56. The summed E-state index contributed by atoms with van der Waals surface area (Å²) >= 11 is 0. The van der Waals surface area contributed by atoms with Crippen LogP contribution < -0.4 is 10.1 Å². The van der Waals surface area contributed by atoms with Gasteiger partial charge >= 0.3 is 5.97 Å². The highest BCUT2D eigenvalue weighted by Gasteiger charge is 2.25. The lowest BCUT2D eigenvalue weighted by molar-refractivity contribution is -0.140. The summed E-state index contributed by atoms with van der Waals surface area (Å²) < 4.78 is 11.4. The Labute approximate surface area is 154 Å². The molecule has 2 heterocycles. The molecule has 1 aromatic rings. The summed E-state index contributed by atoms with van der Waals surface area (Å²) in [5, 5.41) is 12.2. The van der Waals surface area contributed by atoms with Crippen LogP contribution in [0.5, 0.6) is 5.75 Å². The molecule has 0 radical (unpaired) electrons. The Hall–Kier alpha value is -1.67. The van der Waals surface area contributed by atoms with Gasteiger partial charge in [0.2, 0.25) is 0 Å². The number of rotatable bonds is 8. The van der Waals surface area contributed by atoms with Gasteiger partial charge in [-0.3, -0.25) is 14.6 Å². The minimum Gasteiger partial charge on any atom is -0.493 e. The monoisotopic (exact) mass is 363 g/mol. The maximum Gasteiger partial charge on any atom is 0.322 e. The number of nitrogens with one attached hydrogen (secondary N) is 1. The highest BCUT2D eigenvalue weighted by Crippen LogP contribution is 2.21. The summed E-state index contributed by atoms with van der Waals surface area (Å²) in [6.45, 7) is 8.14. The molecular formula is C19H29N3O4. The number of carboxylic acid groups (broad SMARTS) is 1. The molecule has 3 rings (SSSR count). The molecule has 2 aliphatic heterocycles. The normalized spacial score (nSPS) is 22.2. The van der Waals surface area contributed by atoms with E-state index in [0.29, 0.717) is 26.2 Å². The fourth-order valence-corrected chi connectivity index (χ4v) is 3.43. The zero-order valence-corrected chi connectivity index (χ0v) is 15.2. The Balaban J connectivity index is 1.47. The number of hydrogen-bond donors (Lipinski definition) is 2. The molecule has 2 saturated heterocycles. The topological polar surface area (TPSA) is 74.3 Å². The second-order valence-corrected chi connectivity index (χ2v) is 6.84. The van der Waals surface area contributed by atoms with Crippen LogP contribution in [0.15, 0.2) is 24.3 Å². The first-order valence-electron chi connectivity index (χ1n) is 9.42. The van der Waals surface area contributed by atoms with Gasteiger partial charge in [-0.2, -0.15) is 0 Å². The SMILES string of the molecule is O=C(O)[C@@H]1CN(Cc2ccccc2OCCCN2CCOCC2)CCN1.